The highest BCUT2D eigenvalue weighted by molar-refractivity contribution is 7.89. The highest BCUT2D eigenvalue weighted by Gasteiger charge is 2.19. The molecule has 20 heavy (non-hydrogen) atoms. The summed E-state index contributed by atoms with van der Waals surface area (Å²) in [4.78, 5) is 7.82. The standard InChI is InChI=1S/C12H9ClN4O2S/c13-12-15-6-5-10(16-12)17-9-4-2-1-3-8(9)7-11(17)20(14,18)19/h1-7H,(H2,14,18,19). The van der Waals surface area contributed by atoms with Gasteiger partial charge in [0.1, 0.15) is 5.82 Å². The van der Waals surface area contributed by atoms with Gasteiger partial charge in [-0.2, -0.15) is 4.98 Å². The summed E-state index contributed by atoms with van der Waals surface area (Å²) < 4.78 is 25.0. The van der Waals surface area contributed by atoms with Gasteiger partial charge in [-0.15, -0.1) is 0 Å². The summed E-state index contributed by atoms with van der Waals surface area (Å²) in [7, 11) is -3.90. The predicted octanol–water partition coefficient (Wildman–Crippen LogP) is 1.72. The molecular weight excluding hydrogens is 300 g/mol. The van der Waals surface area contributed by atoms with Crippen LogP contribution in [0.5, 0.6) is 0 Å². The Kier molecular flexibility index (Phi) is 2.97. The van der Waals surface area contributed by atoms with Gasteiger partial charge in [0.15, 0.2) is 5.03 Å². The second-order valence-corrected chi connectivity index (χ2v) is 5.95. The number of nitrogens with two attached hydrogens (primary N) is 1. The molecule has 0 amide bonds. The first-order valence-electron chi connectivity index (χ1n) is 5.59. The van der Waals surface area contributed by atoms with Crippen LogP contribution < -0.4 is 5.14 Å². The normalized spacial score (nSPS) is 11.9. The molecular formula is C12H9ClN4O2S. The molecule has 3 aromatic rings. The van der Waals surface area contributed by atoms with E-state index in [1.54, 1.807) is 24.3 Å². The van der Waals surface area contributed by atoms with Gasteiger partial charge < -0.3 is 0 Å². The molecule has 6 nitrogen and oxygen atoms in total. The van der Waals surface area contributed by atoms with E-state index in [0.29, 0.717) is 11.3 Å². The van der Waals surface area contributed by atoms with E-state index in [2.05, 4.69) is 9.97 Å². The first-order valence-corrected chi connectivity index (χ1v) is 7.51. The zero-order valence-corrected chi connectivity index (χ0v) is 11.6. The van der Waals surface area contributed by atoms with Crippen LogP contribution in [-0.2, 0) is 10.0 Å². The molecule has 0 saturated heterocycles. The van der Waals surface area contributed by atoms with Crippen molar-refractivity contribution in [1.82, 2.24) is 14.5 Å². The van der Waals surface area contributed by atoms with Crippen molar-refractivity contribution in [2.45, 2.75) is 5.03 Å². The number of primary sulfonamides is 1. The van der Waals surface area contributed by atoms with E-state index < -0.39 is 10.0 Å². The van der Waals surface area contributed by atoms with Crippen LogP contribution in [0.4, 0.5) is 0 Å². The van der Waals surface area contributed by atoms with Gasteiger partial charge in [-0.25, -0.2) is 18.5 Å². The fraction of sp³-hybridized carbons (Fsp3) is 0. The molecule has 0 aliphatic heterocycles. The Morgan fingerprint density at radius 1 is 1.20 bits per heavy atom. The monoisotopic (exact) mass is 308 g/mol. The Hall–Kier alpha value is -1.96. The lowest BCUT2D eigenvalue weighted by atomic mass is 10.2. The van der Waals surface area contributed by atoms with E-state index in [1.165, 1.54) is 16.8 Å². The molecule has 0 atom stereocenters. The Bertz CT molecular complexity index is 905. The van der Waals surface area contributed by atoms with Crippen LogP contribution in [-0.4, -0.2) is 23.0 Å². The summed E-state index contributed by atoms with van der Waals surface area (Å²) >= 11 is 5.76. The smallest absolute Gasteiger partial charge is 0.254 e. The number of halogens is 1. The van der Waals surface area contributed by atoms with Crippen LogP contribution >= 0.6 is 11.6 Å². The van der Waals surface area contributed by atoms with E-state index in [9.17, 15) is 8.42 Å². The largest absolute Gasteiger partial charge is 0.283 e. The molecule has 0 aliphatic rings. The lowest BCUT2D eigenvalue weighted by molar-refractivity contribution is 0.591. The quantitative estimate of drug-likeness (QED) is 0.730. The zero-order chi connectivity index (χ0) is 14.3. The minimum Gasteiger partial charge on any atom is -0.283 e. The highest BCUT2D eigenvalue weighted by Crippen LogP contribution is 2.26. The molecule has 2 N–H and O–H groups in total. The first-order chi connectivity index (χ1) is 9.47. The molecule has 3 rings (SSSR count). The highest BCUT2D eigenvalue weighted by atomic mass is 35.5. The van der Waals surface area contributed by atoms with Gasteiger partial charge in [-0.05, 0) is 29.8 Å². The third kappa shape index (κ3) is 2.15. The van der Waals surface area contributed by atoms with Gasteiger partial charge >= 0.3 is 0 Å². The van der Waals surface area contributed by atoms with Crippen molar-refractivity contribution in [3.8, 4) is 5.82 Å². The second-order valence-electron chi connectivity index (χ2n) is 4.11. The minimum atomic E-state index is -3.90. The number of nitrogens with zero attached hydrogens (tertiary/aromatic N) is 3. The number of aromatic nitrogens is 3. The van der Waals surface area contributed by atoms with Gasteiger partial charge in [-0.1, -0.05) is 18.2 Å². The van der Waals surface area contributed by atoms with Gasteiger partial charge in [-0.3, -0.25) is 4.57 Å². The topological polar surface area (TPSA) is 90.9 Å². The van der Waals surface area contributed by atoms with E-state index in [-0.39, 0.29) is 10.3 Å². The summed E-state index contributed by atoms with van der Waals surface area (Å²) in [5.41, 5.74) is 0.672. The van der Waals surface area contributed by atoms with Gasteiger partial charge in [0.05, 0.1) is 5.52 Å². The molecule has 0 unspecified atom stereocenters. The lowest BCUT2D eigenvalue weighted by Gasteiger charge is -2.08. The number of rotatable bonds is 2. The average molecular weight is 309 g/mol. The van der Waals surface area contributed by atoms with Crippen molar-refractivity contribution in [3.63, 3.8) is 0 Å². The summed E-state index contributed by atoms with van der Waals surface area (Å²) in [5.74, 6) is 0.343. The third-order valence-corrected chi connectivity index (χ3v) is 3.87. The Morgan fingerprint density at radius 3 is 2.65 bits per heavy atom. The number of sulfonamides is 1. The fourth-order valence-electron chi connectivity index (χ4n) is 2.03. The molecule has 0 fully saturated rings. The van der Waals surface area contributed by atoms with Crippen LogP contribution in [0.1, 0.15) is 0 Å². The molecule has 1 aromatic carbocycles. The molecule has 0 aliphatic carbocycles. The van der Waals surface area contributed by atoms with Crippen molar-refractivity contribution in [2.24, 2.45) is 5.14 Å². The molecule has 0 spiro atoms. The van der Waals surface area contributed by atoms with Crippen molar-refractivity contribution in [1.29, 1.82) is 0 Å². The maximum Gasteiger partial charge on any atom is 0.254 e. The van der Waals surface area contributed by atoms with Crippen molar-refractivity contribution < 1.29 is 8.42 Å². The average Bonchev–Trinajstić information content (AvgIpc) is 2.78. The molecule has 8 heteroatoms. The van der Waals surface area contributed by atoms with Crippen molar-refractivity contribution in [3.05, 3.63) is 47.9 Å². The molecule has 2 heterocycles. The van der Waals surface area contributed by atoms with E-state index in [4.69, 9.17) is 16.7 Å². The van der Waals surface area contributed by atoms with Crippen molar-refractivity contribution >= 4 is 32.5 Å². The fourth-order valence-corrected chi connectivity index (χ4v) is 2.91. The number of para-hydroxylation sites is 1. The number of benzene rings is 1. The van der Waals surface area contributed by atoms with Gasteiger partial charge in [0.2, 0.25) is 5.28 Å². The second kappa shape index (κ2) is 4.55. The van der Waals surface area contributed by atoms with E-state index in [0.717, 1.165) is 5.39 Å². The third-order valence-electron chi connectivity index (χ3n) is 2.81. The molecule has 0 saturated carbocycles. The van der Waals surface area contributed by atoms with Crippen LogP contribution in [0, 0.1) is 0 Å². The van der Waals surface area contributed by atoms with Crippen LogP contribution in [0.25, 0.3) is 16.7 Å². The summed E-state index contributed by atoms with van der Waals surface area (Å²) in [6, 6.07) is 10.2. The maximum atomic E-state index is 11.8. The van der Waals surface area contributed by atoms with Crippen LogP contribution in [0.15, 0.2) is 47.6 Å². The number of fused-ring (bicyclic) bond motifs is 1. The SMILES string of the molecule is NS(=O)(=O)c1cc2ccccc2n1-c1ccnc(Cl)n1. The van der Waals surface area contributed by atoms with Crippen LogP contribution in [0.3, 0.4) is 0 Å². The summed E-state index contributed by atoms with van der Waals surface area (Å²) in [6.45, 7) is 0. The van der Waals surface area contributed by atoms with E-state index >= 15 is 0 Å². The first kappa shape index (κ1) is 13.0. The predicted molar refractivity (Wildman–Crippen MR) is 75.2 cm³/mol. The molecule has 0 radical (unpaired) electrons. The Morgan fingerprint density at radius 2 is 1.95 bits per heavy atom. The number of hydrogen-bond acceptors (Lipinski definition) is 4. The minimum absolute atomic E-state index is 0.0284. The van der Waals surface area contributed by atoms with Gasteiger partial charge in [0, 0.05) is 11.6 Å². The Balaban J connectivity index is 2.44. The Labute approximate surface area is 119 Å². The summed E-state index contributed by atoms with van der Waals surface area (Å²) in [6.07, 6.45) is 1.45. The zero-order valence-electron chi connectivity index (χ0n) is 10.1. The van der Waals surface area contributed by atoms with Crippen molar-refractivity contribution in [2.75, 3.05) is 0 Å². The lowest BCUT2D eigenvalue weighted by Crippen LogP contribution is -2.17. The summed E-state index contributed by atoms with van der Waals surface area (Å²) in [5, 5.41) is 5.99. The van der Waals surface area contributed by atoms with Gasteiger partial charge in [0.25, 0.3) is 10.0 Å². The number of hydrogen-bond donors (Lipinski definition) is 1. The molecule has 2 aromatic heterocycles. The molecule has 0 bridgehead atoms. The maximum absolute atomic E-state index is 11.8. The van der Waals surface area contributed by atoms with E-state index in [1.807, 2.05) is 6.07 Å². The van der Waals surface area contributed by atoms with Crippen LogP contribution in [0.2, 0.25) is 5.28 Å². The molecule has 102 valence electrons.